The zero-order chi connectivity index (χ0) is 12.0. The Morgan fingerprint density at radius 3 is 3.06 bits per heavy atom. The molecule has 1 saturated heterocycles. The van der Waals surface area contributed by atoms with Gasteiger partial charge in [0.05, 0.1) is 12.7 Å². The van der Waals surface area contributed by atoms with Crippen LogP contribution in [0.2, 0.25) is 0 Å². The van der Waals surface area contributed by atoms with E-state index in [0.717, 1.165) is 26.1 Å². The van der Waals surface area contributed by atoms with Crippen molar-refractivity contribution in [2.24, 2.45) is 0 Å². The predicted octanol–water partition coefficient (Wildman–Crippen LogP) is 1.22. The molecule has 0 N–H and O–H groups in total. The number of ether oxygens (including phenoxy) is 2. The van der Waals surface area contributed by atoms with Gasteiger partial charge in [-0.2, -0.15) is 0 Å². The summed E-state index contributed by atoms with van der Waals surface area (Å²) in [5.74, 6) is -0.291. The summed E-state index contributed by atoms with van der Waals surface area (Å²) in [5, 5.41) is 0. The van der Waals surface area contributed by atoms with E-state index in [1.54, 1.807) is 6.92 Å². The minimum absolute atomic E-state index is 0.220. The summed E-state index contributed by atoms with van der Waals surface area (Å²) in [6.45, 7) is 11.2. The van der Waals surface area contributed by atoms with Crippen LogP contribution in [0.4, 0.5) is 0 Å². The molecule has 0 aromatic heterocycles. The van der Waals surface area contributed by atoms with E-state index in [0.29, 0.717) is 18.7 Å². The summed E-state index contributed by atoms with van der Waals surface area (Å²) in [5.41, 5.74) is 0.524. The molecule has 16 heavy (non-hydrogen) atoms. The highest BCUT2D eigenvalue weighted by molar-refractivity contribution is 5.88. The van der Waals surface area contributed by atoms with Crippen LogP contribution < -0.4 is 0 Å². The van der Waals surface area contributed by atoms with Crippen molar-refractivity contribution in [3.63, 3.8) is 0 Å². The molecular weight excluding hydrogens is 206 g/mol. The van der Waals surface area contributed by atoms with Gasteiger partial charge in [0.25, 0.3) is 0 Å². The lowest BCUT2D eigenvalue weighted by atomic mass is 10.2. The van der Waals surface area contributed by atoms with E-state index in [4.69, 9.17) is 9.47 Å². The third-order valence-corrected chi connectivity index (χ3v) is 2.51. The summed E-state index contributed by atoms with van der Waals surface area (Å²) in [6, 6.07) is 0. The van der Waals surface area contributed by atoms with Crippen LogP contribution in [0.3, 0.4) is 0 Å². The van der Waals surface area contributed by atoms with E-state index < -0.39 is 0 Å². The van der Waals surface area contributed by atoms with Gasteiger partial charge in [-0.3, -0.25) is 4.90 Å². The number of hydrogen-bond acceptors (Lipinski definition) is 4. The van der Waals surface area contributed by atoms with Crippen molar-refractivity contribution in [1.29, 1.82) is 0 Å². The summed E-state index contributed by atoms with van der Waals surface area (Å²) < 4.78 is 10.4. The van der Waals surface area contributed by atoms with E-state index >= 15 is 0 Å². The van der Waals surface area contributed by atoms with E-state index in [1.807, 2.05) is 6.92 Å². The Morgan fingerprint density at radius 1 is 1.62 bits per heavy atom. The van der Waals surface area contributed by atoms with Crippen molar-refractivity contribution in [2.45, 2.75) is 26.4 Å². The molecule has 0 aromatic carbocycles. The lowest BCUT2D eigenvalue weighted by Crippen LogP contribution is -2.33. The van der Waals surface area contributed by atoms with Crippen LogP contribution >= 0.6 is 0 Å². The van der Waals surface area contributed by atoms with Gasteiger partial charge in [-0.05, 0) is 20.3 Å². The van der Waals surface area contributed by atoms with Crippen LogP contribution in [0.25, 0.3) is 0 Å². The van der Waals surface area contributed by atoms with Crippen LogP contribution in [0.1, 0.15) is 20.3 Å². The zero-order valence-electron chi connectivity index (χ0n) is 10.2. The Kier molecular flexibility index (Phi) is 5.49. The minimum Gasteiger partial charge on any atom is -0.463 e. The van der Waals surface area contributed by atoms with E-state index in [-0.39, 0.29) is 12.1 Å². The van der Waals surface area contributed by atoms with E-state index in [9.17, 15) is 4.79 Å². The van der Waals surface area contributed by atoms with Gasteiger partial charge in [-0.1, -0.05) is 6.58 Å². The third-order valence-electron chi connectivity index (χ3n) is 2.51. The molecule has 1 aliphatic heterocycles. The molecule has 4 heteroatoms. The maximum atomic E-state index is 11.4. The van der Waals surface area contributed by atoms with Gasteiger partial charge in [0, 0.05) is 31.8 Å². The van der Waals surface area contributed by atoms with Gasteiger partial charge < -0.3 is 9.47 Å². The Labute approximate surface area is 97.2 Å². The van der Waals surface area contributed by atoms with Crippen LogP contribution in [-0.4, -0.2) is 49.8 Å². The van der Waals surface area contributed by atoms with Crippen molar-refractivity contribution in [3.05, 3.63) is 12.2 Å². The van der Waals surface area contributed by atoms with Gasteiger partial charge in [0.1, 0.15) is 0 Å². The molecule has 0 radical (unpaired) electrons. The first-order chi connectivity index (χ1) is 7.63. The monoisotopic (exact) mass is 227 g/mol. The summed E-state index contributed by atoms with van der Waals surface area (Å²) >= 11 is 0. The zero-order valence-corrected chi connectivity index (χ0v) is 10.2. The van der Waals surface area contributed by atoms with Gasteiger partial charge >= 0.3 is 5.97 Å². The quantitative estimate of drug-likeness (QED) is 0.534. The number of rotatable bonds is 4. The van der Waals surface area contributed by atoms with Gasteiger partial charge in [-0.25, -0.2) is 4.79 Å². The second-order valence-corrected chi connectivity index (χ2v) is 4.09. The molecule has 1 unspecified atom stereocenters. The molecule has 1 fully saturated rings. The molecule has 0 spiro atoms. The molecular formula is C12H21NO3. The fraction of sp³-hybridized carbons (Fsp3) is 0.750. The van der Waals surface area contributed by atoms with Crippen LogP contribution in [0.5, 0.6) is 0 Å². The molecule has 1 heterocycles. The molecule has 1 atom stereocenters. The van der Waals surface area contributed by atoms with E-state index in [1.165, 1.54) is 0 Å². The van der Waals surface area contributed by atoms with Gasteiger partial charge in [0.2, 0.25) is 0 Å². The topological polar surface area (TPSA) is 38.8 Å². The Hall–Kier alpha value is -0.870. The van der Waals surface area contributed by atoms with Crippen molar-refractivity contribution >= 4 is 5.97 Å². The number of carbonyl (C=O) groups is 1. The number of carbonyl (C=O) groups excluding carboxylic acids is 1. The number of hydrogen-bond donors (Lipinski definition) is 0. The number of nitrogens with zero attached hydrogens (tertiary/aromatic N) is 1. The van der Waals surface area contributed by atoms with Crippen molar-refractivity contribution in [1.82, 2.24) is 4.90 Å². The first-order valence-electron chi connectivity index (χ1n) is 5.82. The second-order valence-electron chi connectivity index (χ2n) is 4.09. The molecule has 0 aromatic rings. The van der Waals surface area contributed by atoms with Gasteiger partial charge in [0.15, 0.2) is 0 Å². The predicted molar refractivity (Wildman–Crippen MR) is 62.2 cm³/mol. The molecule has 4 nitrogen and oxygen atoms in total. The van der Waals surface area contributed by atoms with E-state index in [2.05, 4.69) is 11.5 Å². The molecule has 0 bridgehead atoms. The first kappa shape index (κ1) is 13.2. The van der Waals surface area contributed by atoms with Crippen LogP contribution in [-0.2, 0) is 14.3 Å². The van der Waals surface area contributed by atoms with Crippen molar-refractivity contribution in [2.75, 3.05) is 32.8 Å². The SMILES string of the molecule is C=C(CN1CCCOC(C)C1)C(=O)OCC. The van der Waals surface area contributed by atoms with Crippen molar-refractivity contribution in [3.8, 4) is 0 Å². The lowest BCUT2D eigenvalue weighted by molar-refractivity contribution is -0.138. The molecule has 0 saturated carbocycles. The molecule has 1 rings (SSSR count). The molecule has 0 aliphatic carbocycles. The number of esters is 1. The Balaban J connectivity index is 2.39. The molecule has 0 amide bonds. The maximum absolute atomic E-state index is 11.4. The molecule has 92 valence electrons. The fourth-order valence-corrected chi connectivity index (χ4v) is 1.79. The normalized spacial score (nSPS) is 22.5. The van der Waals surface area contributed by atoms with Crippen molar-refractivity contribution < 1.29 is 14.3 Å². The molecule has 1 aliphatic rings. The Bertz CT molecular complexity index is 253. The summed E-state index contributed by atoms with van der Waals surface area (Å²) in [6.07, 6.45) is 1.22. The van der Waals surface area contributed by atoms with Crippen LogP contribution in [0.15, 0.2) is 12.2 Å². The largest absolute Gasteiger partial charge is 0.463 e. The second kappa shape index (κ2) is 6.66. The smallest absolute Gasteiger partial charge is 0.334 e. The highest BCUT2D eigenvalue weighted by Gasteiger charge is 2.18. The highest BCUT2D eigenvalue weighted by Crippen LogP contribution is 2.08. The maximum Gasteiger partial charge on any atom is 0.334 e. The minimum atomic E-state index is -0.291. The highest BCUT2D eigenvalue weighted by atomic mass is 16.5. The summed E-state index contributed by atoms with van der Waals surface area (Å²) in [7, 11) is 0. The first-order valence-corrected chi connectivity index (χ1v) is 5.82. The van der Waals surface area contributed by atoms with Crippen LogP contribution in [0, 0.1) is 0 Å². The lowest BCUT2D eigenvalue weighted by Gasteiger charge is -2.21. The fourth-order valence-electron chi connectivity index (χ4n) is 1.79. The standard InChI is InChI=1S/C12H21NO3/c1-4-15-12(14)10(2)8-13-6-5-7-16-11(3)9-13/h11H,2,4-9H2,1,3H3. The average molecular weight is 227 g/mol. The van der Waals surface area contributed by atoms with Gasteiger partial charge in [-0.15, -0.1) is 0 Å². The summed E-state index contributed by atoms with van der Waals surface area (Å²) in [4.78, 5) is 13.6. The average Bonchev–Trinajstić information content (AvgIpc) is 2.43. The third kappa shape index (κ3) is 4.33. The Morgan fingerprint density at radius 2 is 2.38 bits per heavy atom.